The molecule has 0 N–H and O–H groups in total. The highest BCUT2D eigenvalue weighted by molar-refractivity contribution is 5.14. The fourth-order valence-corrected chi connectivity index (χ4v) is 1.65. The molecule has 2 nitrogen and oxygen atoms in total. The molecule has 1 fully saturated rings. The molecular formula is C10H17NO. The van der Waals surface area contributed by atoms with E-state index in [9.17, 15) is 0 Å². The first-order valence-electron chi connectivity index (χ1n) is 4.75. The third-order valence-electron chi connectivity index (χ3n) is 3.20. The lowest BCUT2D eigenvalue weighted by Gasteiger charge is -2.35. The van der Waals surface area contributed by atoms with Crippen molar-refractivity contribution in [3.05, 3.63) is 12.0 Å². The lowest BCUT2D eigenvalue weighted by molar-refractivity contribution is 0.0515. The van der Waals surface area contributed by atoms with E-state index >= 15 is 0 Å². The SMILES string of the molecule is CCC(C)(C)N1C=C2OCC2C1. The van der Waals surface area contributed by atoms with E-state index in [0.717, 1.165) is 13.2 Å². The van der Waals surface area contributed by atoms with Crippen molar-refractivity contribution in [1.29, 1.82) is 0 Å². The van der Waals surface area contributed by atoms with Gasteiger partial charge in [0.15, 0.2) is 0 Å². The maximum absolute atomic E-state index is 5.34. The summed E-state index contributed by atoms with van der Waals surface area (Å²) in [6.45, 7) is 8.90. The third-order valence-corrected chi connectivity index (χ3v) is 3.20. The summed E-state index contributed by atoms with van der Waals surface area (Å²) in [4.78, 5) is 2.42. The average molecular weight is 167 g/mol. The van der Waals surface area contributed by atoms with Crippen LogP contribution in [0.25, 0.3) is 0 Å². The van der Waals surface area contributed by atoms with Crippen LogP contribution in [0, 0.1) is 5.92 Å². The summed E-state index contributed by atoms with van der Waals surface area (Å²) >= 11 is 0. The molecule has 0 amide bonds. The van der Waals surface area contributed by atoms with E-state index in [-0.39, 0.29) is 0 Å². The molecule has 2 heteroatoms. The summed E-state index contributed by atoms with van der Waals surface area (Å²) < 4.78 is 5.34. The zero-order valence-electron chi connectivity index (χ0n) is 8.13. The number of fused-ring (bicyclic) bond motifs is 1. The Labute approximate surface area is 74.2 Å². The van der Waals surface area contributed by atoms with Gasteiger partial charge >= 0.3 is 0 Å². The summed E-state index contributed by atoms with van der Waals surface area (Å²) in [5.74, 6) is 1.91. The Hall–Kier alpha value is -0.660. The van der Waals surface area contributed by atoms with Crippen molar-refractivity contribution in [3.63, 3.8) is 0 Å². The Morgan fingerprint density at radius 3 is 2.75 bits per heavy atom. The highest BCUT2D eigenvalue weighted by Crippen LogP contribution is 2.36. The lowest BCUT2D eigenvalue weighted by Crippen LogP contribution is -2.40. The highest BCUT2D eigenvalue weighted by Gasteiger charge is 2.38. The molecule has 68 valence electrons. The van der Waals surface area contributed by atoms with Gasteiger partial charge in [0.25, 0.3) is 0 Å². The summed E-state index contributed by atoms with van der Waals surface area (Å²) in [5, 5.41) is 0. The topological polar surface area (TPSA) is 12.5 Å². The molecule has 12 heavy (non-hydrogen) atoms. The minimum absolute atomic E-state index is 0.299. The molecule has 0 aromatic carbocycles. The smallest absolute Gasteiger partial charge is 0.120 e. The van der Waals surface area contributed by atoms with Crippen molar-refractivity contribution >= 4 is 0 Å². The molecule has 0 spiro atoms. The molecule has 0 radical (unpaired) electrons. The molecule has 1 atom stereocenters. The minimum Gasteiger partial charge on any atom is -0.495 e. The molecule has 0 aliphatic carbocycles. The fourth-order valence-electron chi connectivity index (χ4n) is 1.65. The zero-order valence-corrected chi connectivity index (χ0v) is 8.13. The number of rotatable bonds is 2. The first-order chi connectivity index (χ1) is 5.63. The molecule has 0 aromatic rings. The first kappa shape index (κ1) is 7.96. The van der Waals surface area contributed by atoms with Crippen molar-refractivity contribution in [1.82, 2.24) is 4.90 Å². The highest BCUT2D eigenvalue weighted by atomic mass is 16.5. The monoisotopic (exact) mass is 167 g/mol. The Kier molecular flexibility index (Phi) is 1.60. The summed E-state index contributed by atoms with van der Waals surface area (Å²) in [5.41, 5.74) is 0.299. The van der Waals surface area contributed by atoms with Gasteiger partial charge in [-0.2, -0.15) is 0 Å². The Morgan fingerprint density at radius 2 is 2.42 bits per heavy atom. The van der Waals surface area contributed by atoms with E-state index in [4.69, 9.17) is 4.74 Å². The van der Waals surface area contributed by atoms with E-state index in [1.54, 1.807) is 0 Å². The van der Waals surface area contributed by atoms with Crippen LogP contribution < -0.4 is 0 Å². The minimum atomic E-state index is 0.299. The normalized spacial score (nSPS) is 27.4. The number of hydrogen-bond acceptors (Lipinski definition) is 2. The second-order valence-corrected chi connectivity index (χ2v) is 4.36. The van der Waals surface area contributed by atoms with Crippen LogP contribution in [0.4, 0.5) is 0 Å². The summed E-state index contributed by atoms with van der Waals surface area (Å²) in [6.07, 6.45) is 3.38. The molecule has 2 aliphatic rings. The van der Waals surface area contributed by atoms with Gasteiger partial charge in [0.05, 0.1) is 12.5 Å². The molecule has 2 aliphatic heterocycles. The summed E-state index contributed by atoms with van der Waals surface area (Å²) in [7, 11) is 0. The fraction of sp³-hybridized carbons (Fsp3) is 0.800. The third kappa shape index (κ3) is 1.01. The number of ether oxygens (including phenoxy) is 1. The van der Waals surface area contributed by atoms with Crippen LogP contribution in [0.3, 0.4) is 0 Å². The van der Waals surface area contributed by atoms with Crippen molar-refractivity contribution in [2.75, 3.05) is 13.2 Å². The van der Waals surface area contributed by atoms with Crippen LogP contribution >= 0.6 is 0 Å². The molecule has 2 rings (SSSR count). The van der Waals surface area contributed by atoms with E-state index in [2.05, 4.69) is 31.9 Å². The largest absolute Gasteiger partial charge is 0.495 e. The van der Waals surface area contributed by atoms with Crippen LogP contribution in [0.1, 0.15) is 27.2 Å². The maximum Gasteiger partial charge on any atom is 0.120 e. The van der Waals surface area contributed by atoms with E-state index in [1.807, 2.05) is 0 Å². The van der Waals surface area contributed by atoms with E-state index in [0.29, 0.717) is 11.5 Å². The van der Waals surface area contributed by atoms with Gasteiger partial charge in [-0.3, -0.25) is 0 Å². The van der Waals surface area contributed by atoms with Gasteiger partial charge in [0.2, 0.25) is 0 Å². The quantitative estimate of drug-likeness (QED) is 0.623. The average Bonchev–Trinajstić information content (AvgIpc) is 2.28. The van der Waals surface area contributed by atoms with Gasteiger partial charge in [-0.05, 0) is 20.3 Å². The van der Waals surface area contributed by atoms with Crippen LogP contribution in [0.5, 0.6) is 0 Å². The molecule has 0 saturated carbocycles. The first-order valence-corrected chi connectivity index (χ1v) is 4.75. The van der Waals surface area contributed by atoms with Gasteiger partial charge in [0.1, 0.15) is 5.76 Å². The van der Waals surface area contributed by atoms with Crippen LogP contribution in [0.2, 0.25) is 0 Å². The van der Waals surface area contributed by atoms with Gasteiger partial charge in [-0.25, -0.2) is 0 Å². The van der Waals surface area contributed by atoms with Crippen molar-refractivity contribution in [3.8, 4) is 0 Å². The molecule has 1 saturated heterocycles. The van der Waals surface area contributed by atoms with Crippen molar-refractivity contribution in [2.24, 2.45) is 5.92 Å². The van der Waals surface area contributed by atoms with Crippen LogP contribution in [-0.4, -0.2) is 23.6 Å². The van der Waals surface area contributed by atoms with Gasteiger partial charge in [-0.15, -0.1) is 0 Å². The van der Waals surface area contributed by atoms with E-state index < -0.39 is 0 Å². The van der Waals surface area contributed by atoms with Gasteiger partial charge in [-0.1, -0.05) is 6.92 Å². The lowest BCUT2D eigenvalue weighted by atomic mass is 9.99. The Bertz CT molecular complexity index is 220. The predicted octanol–water partition coefficient (Wildman–Crippen LogP) is 1.98. The van der Waals surface area contributed by atoms with Crippen molar-refractivity contribution in [2.45, 2.75) is 32.7 Å². The predicted molar refractivity (Wildman–Crippen MR) is 48.6 cm³/mol. The standard InChI is InChI=1S/C10H17NO/c1-4-10(2,3)11-5-8-7-12-9(8)6-11/h6,8H,4-5,7H2,1-3H3. The van der Waals surface area contributed by atoms with E-state index in [1.165, 1.54) is 12.2 Å². The number of nitrogens with zero attached hydrogens (tertiary/aromatic N) is 1. The zero-order chi connectivity index (χ0) is 8.77. The molecule has 1 unspecified atom stereocenters. The van der Waals surface area contributed by atoms with Crippen molar-refractivity contribution < 1.29 is 4.74 Å². The second-order valence-electron chi connectivity index (χ2n) is 4.36. The van der Waals surface area contributed by atoms with Gasteiger partial charge < -0.3 is 9.64 Å². The second kappa shape index (κ2) is 2.41. The molecule has 0 bridgehead atoms. The summed E-state index contributed by atoms with van der Waals surface area (Å²) in [6, 6.07) is 0. The molecular weight excluding hydrogens is 150 g/mol. The van der Waals surface area contributed by atoms with Crippen LogP contribution in [-0.2, 0) is 4.74 Å². The molecule has 2 heterocycles. The number of hydrogen-bond donors (Lipinski definition) is 0. The van der Waals surface area contributed by atoms with Gasteiger partial charge in [0, 0.05) is 18.3 Å². The molecule has 0 aromatic heterocycles. The maximum atomic E-state index is 5.34. The Morgan fingerprint density at radius 1 is 1.67 bits per heavy atom. The Balaban J connectivity index is 2.08. The van der Waals surface area contributed by atoms with Crippen LogP contribution in [0.15, 0.2) is 12.0 Å².